The molecule has 0 fully saturated rings. The van der Waals surface area contributed by atoms with Crippen LogP contribution in [0.1, 0.15) is 5.82 Å². The van der Waals surface area contributed by atoms with E-state index in [-0.39, 0.29) is 22.5 Å². The van der Waals surface area contributed by atoms with Crippen LogP contribution in [0.5, 0.6) is 0 Å². The van der Waals surface area contributed by atoms with Crippen molar-refractivity contribution in [2.24, 2.45) is 0 Å². The number of aromatic nitrogens is 2. The van der Waals surface area contributed by atoms with Crippen molar-refractivity contribution in [3.63, 3.8) is 0 Å². The standard InChI is InChI=1S/C9H7N3O4/c1-5-10-8-6(11(5)9(13)14)3-2-4-7(8)12(15)16/h2-4H,1H3,(H,13,14). The molecule has 0 aliphatic carbocycles. The monoisotopic (exact) mass is 221 g/mol. The molecular formula is C9H7N3O4. The van der Waals surface area contributed by atoms with Crippen molar-refractivity contribution in [2.45, 2.75) is 6.92 Å². The van der Waals surface area contributed by atoms with Crippen LogP contribution in [0.25, 0.3) is 11.0 Å². The molecule has 7 nitrogen and oxygen atoms in total. The van der Waals surface area contributed by atoms with Crippen molar-refractivity contribution in [3.8, 4) is 0 Å². The first-order valence-corrected chi connectivity index (χ1v) is 4.38. The van der Waals surface area contributed by atoms with Gasteiger partial charge in [-0.1, -0.05) is 6.07 Å². The molecular weight excluding hydrogens is 214 g/mol. The Morgan fingerprint density at radius 1 is 1.56 bits per heavy atom. The molecule has 1 aromatic heterocycles. The van der Waals surface area contributed by atoms with Gasteiger partial charge in [-0.25, -0.2) is 14.3 Å². The molecule has 2 aromatic rings. The zero-order valence-corrected chi connectivity index (χ0v) is 8.25. The maximum Gasteiger partial charge on any atom is 0.417 e. The van der Waals surface area contributed by atoms with Crippen LogP contribution in [-0.2, 0) is 0 Å². The van der Waals surface area contributed by atoms with Crippen LogP contribution in [0.2, 0.25) is 0 Å². The summed E-state index contributed by atoms with van der Waals surface area (Å²) in [5, 5.41) is 19.6. The van der Waals surface area contributed by atoms with Gasteiger partial charge in [-0.2, -0.15) is 0 Å². The molecule has 1 heterocycles. The number of aryl methyl sites for hydroxylation is 1. The van der Waals surface area contributed by atoms with E-state index < -0.39 is 11.0 Å². The van der Waals surface area contributed by atoms with E-state index >= 15 is 0 Å². The number of fused-ring (bicyclic) bond motifs is 1. The van der Waals surface area contributed by atoms with Crippen molar-refractivity contribution in [3.05, 3.63) is 34.1 Å². The third kappa shape index (κ3) is 1.29. The molecule has 0 aliphatic heterocycles. The summed E-state index contributed by atoms with van der Waals surface area (Å²) >= 11 is 0. The molecule has 0 aliphatic rings. The number of carboxylic acid groups (broad SMARTS) is 1. The Labute approximate surface area is 89.1 Å². The van der Waals surface area contributed by atoms with E-state index in [1.165, 1.54) is 25.1 Å². The van der Waals surface area contributed by atoms with Gasteiger partial charge in [-0.15, -0.1) is 0 Å². The van der Waals surface area contributed by atoms with Gasteiger partial charge < -0.3 is 5.11 Å². The highest BCUT2D eigenvalue weighted by Crippen LogP contribution is 2.25. The van der Waals surface area contributed by atoms with Crippen LogP contribution >= 0.6 is 0 Å². The van der Waals surface area contributed by atoms with Gasteiger partial charge in [0.25, 0.3) is 5.69 Å². The maximum atomic E-state index is 10.9. The predicted octanol–water partition coefficient (Wildman–Crippen LogP) is 1.78. The van der Waals surface area contributed by atoms with Gasteiger partial charge in [0, 0.05) is 6.07 Å². The lowest BCUT2D eigenvalue weighted by atomic mass is 10.3. The molecule has 0 atom stereocenters. The Morgan fingerprint density at radius 3 is 2.81 bits per heavy atom. The molecule has 0 saturated carbocycles. The van der Waals surface area contributed by atoms with Crippen LogP contribution in [0, 0.1) is 17.0 Å². The van der Waals surface area contributed by atoms with Crippen LogP contribution in [0.15, 0.2) is 18.2 Å². The third-order valence-corrected chi connectivity index (χ3v) is 2.22. The van der Waals surface area contributed by atoms with Gasteiger partial charge in [-0.3, -0.25) is 10.1 Å². The molecule has 0 radical (unpaired) electrons. The molecule has 0 amide bonds. The maximum absolute atomic E-state index is 10.9. The summed E-state index contributed by atoms with van der Waals surface area (Å²) in [7, 11) is 0. The first-order chi connectivity index (χ1) is 7.52. The van der Waals surface area contributed by atoms with Crippen molar-refractivity contribution in [2.75, 3.05) is 0 Å². The molecule has 0 unspecified atom stereocenters. The first-order valence-electron chi connectivity index (χ1n) is 4.38. The molecule has 16 heavy (non-hydrogen) atoms. The zero-order chi connectivity index (χ0) is 11.9. The molecule has 82 valence electrons. The van der Waals surface area contributed by atoms with Crippen molar-refractivity contribution >= 4 is 22.8 Å². The Kier molecular flexibility index (Phi) is 2.08. The second-order valence-electron chi connectivity index (χ2n) is 3.18. The van der Waals surface area contributed by atoms with Gasteiger partial charge in [0.15, 0.2) is 5.52 Å². The minimum atomic E-state index is -1.21. The Balaban J connectivity index is 2.88. The average molecular weight is 221 g/mol. The SMILES string of the molecule is Cc1nc2c([N+](=O)[O-])cccc2n1C(=O)O. The van der Waals surface area contributed by atoms with Gasteiger partial charge in [0.05, 0.1) is 10.4 Å². The second kappa shape index (κ2) is 3.30. The second-order valence-corrected chi connectivity index (χ2v) is 3.18. The largest absolute Gasteiger partial charge is 0.464 e. The van der Waals surface area contributed by atoms with E-state index in [9.17, 15) is 14.9 Å². The zero-order valence-electron chi connectivity index (χ0n) is 8.25. The molecule has 1 aromatic carbocycles. The number of benzene rings is 1. The lowest BCUT2D eigenvalue weighted by molar-refractivity contribution is -0.383. The summed E-state index contributed by atoms with van der Waals surface area (Å²) in [5.41, 5.74) is 0.118. The van der Waals surface area contributed by atoms with E-state index in [2.05, 4.69) is 4.98 Å². The number of hydrogen-bond donors (Lipinski definition) is 1. The molecule has 1 N–H and O–H groups in total. The number of nitrogens with zero attached hydrogens (tertiary/aromatic N) is 3. The van der Waals surface area contributed by atoms with E-state index in [0.717, 1.165) is 4.57 Å². The molecule has 2 rings (SSSR count). The van der Waals surface area contributed by atoms with E-state index in [1.807, 2.05) is 0 Å². The number of para-hydroxylation sites is 1. The summed E-state index contributed by atoms with van der Waals surface area (Å²) < 4.78 is 0.919. The average Bonchev–Trinajstić information content (AvgIpc) is 2.52. The van der Waals surface area contributed by atoms with Gasteiger partial charge >= 0.3 is 6.09 Å². The first kappa shape index (κ1) is 10.1. The Bertz CT molecular complexity index is 602. The number of nitro benzene ring substituents is 1. The number of rotatable bonds is 1. The summed E-state index contributed by atoms with van der Waals surface area (Å²) in [6.07, 6.45) is -1.21. The molecule has 0 saturated heterocycles. The van der Waals surface area contributed by atoms with Crippen molar-refractivity contribution < 1.29 is 14.8 Å². The highest BCUT2D eigenvalue weighted by molar-refractivity contribution is 5.91. The third-order valence-electron chi connectivity index (χ3n) is 2.22. The predicted molar refractivity (Wildman–Crippen MR) is 54.5 cm³/mol. The smallest absolute Gasteiger partial charge is 0.417 e. The molecule has 0 bridgehead atoms. The normalized spacial score (nSPS) is 10.6. The highest BCUT2D eigenvalue weighted by Gasteiger charge is 2.20. The number of carbonyl (C=O) groups is 1. The highest BCUT2D eigenvalue weighted by atomic mass is 16.6. The van der Waals surface area contributed by atoms with Crippen LogP contribution in [-0.4, -0.2) is 25.7 Å². The number of imidazole rings is 1. The fraction of sp³-hybridized carbons (Fsp3) is 0.111. The lowest BCUT2D eigenvalue weighted by Crippen LogP contribution is -2.09. The lowest BCUT2D eigenvalue weighted by Gasteiger charge is -1.97. The Hall–Kier alpha value is -2.44. The summed E-state index contributed by atoms with van der Waals surface area (Å²) in [5.74, 6) is 0.205. The van der Waals surface area contributed by atoms with Gasteiger partial charge in [0.2, 0.25) is 0 Å². The van der Waals surface area contributed by atoms with E-state index in [0.29, 0.717) is 0 Å². The van der Waals surface area contributed by atoms with E-state index in [1.54, 1.807) is 0 Å². The van der Waals surface area contributed by atoms with Crippen LogP contribution in [0.4, 0.5) is 10.5 Å². The minimum absolute atomic E-state index is 0.0902. The number of hydrogen-bond acceptors (Lipinski definition) is 4. The number of non-ortho nitro benzene ring substituents is 1. The number of nitro groups is 1. The molecule has 7 heteroatoms. The summed E-state index contributed by atoms with van der Waals surface area (Å²) in [6.45, 7) is 1.48. The Morgan fingerprint density at radius 2 is 2.25 bits per heavy atom. The van der Waals surface area contributed by atoms with Crippen LogP contribution in [0.3, 0.4) is 0 Å². The summed E-state index contributed by atoms with van der Waals surface area (Å²) in [6, 6.07) is 4.21. The van der Waals surface area contributed by atoms with Gasteiger partial charge in [0.1, 0.15) is 5.82 Å². The van der Waals surface area contributed by atoms with Crippen molar-refractivity contribution in [1.29, 1.82) is 0 Å². The summed E-state index contributed by atoms with van der Waals surface area (Å²) in [4.78, 5) is 25.0. The fourth-order valence-electron chi connectivity index (χ4n) is 1.59. The van der Waals surface area contributed by atoms with Gasteiger partial charge in [-0.05, 0) is 13.0 Å². The molecule has 0 spiro atoms. The van der Waals surface area contributed by atoms with Crippen molar-refractivity contribution in [1.82, 2.24) is 9.55 Å². The minimum Gasteiger partial charge on any atom is -0.464 e. The van der Waals surface area contributed by atoms with E-state index in [4.69, 9.17) is 5.11 Å². The van der Waals surface area contributed by atoms with Crippen LogP contribution < -0.4 is 0 Å². The quantitative estimate of drug-likeness (QED) is 0.584. The topological polar surface area (TPSA) is 98.3 Å². The fourth-order valence-corrected chi connectivity index (χ4v) is 1.59.